The lowest BCUT2D eigenvalue weighted by Crippen LogP contribution is -2.46. The van der Waals surface area contributed by atoms with Gasteiger partial charge in [-0.3, -0.25) is 15.0 Å². The fourth-order valence-corrected chi connectivity index (χ4v) is 3.76. The number of nitro benzene ring substituents is 1. The highest BCUT2D eigenvalue weighted by atomic mass is 35.5. The molecule has 1 aliphatic rings. The van der Waals surface area contributed by atoms with Crippen molar-refractivity contribution in [2.75, 3.05) is 44.2 Å². The monoisotopic (exact) mass is 435 g/mol. The number of nitrogens with zero attached hydrogens (tertiary/aromatic N) is 3. The first kappa shape index (κ1) is 22.0. The van der Waals surface area contributed by atoms with E-state index in [1.807, 2.05) is 19.1 Å². The molecule has 0 saturated carbocycles. The summed E-state index contributed by atoms with van der Waals surface area (Å²) in [6, 6.07) is 8.41. The molecule has 0 unspecified atom stereocenters. The summed E-state index contributed by atoms with van der Waals surface area (Å²) in [6.45, 7) is 7.11. The van der Waals surface area contributed by atoms with E-state index in [9.17, 15) is 20.3 Å². The van der Waals surface area contributed by atoms with Crippen molar-refractivity contribution in [3.05, 3.63) is 51.0 Å². The average Bonchev–Trinajstić information content (AvgIpc) is 2.72. The number of halogens is 1. The second-order valence-electron chi connectivity index (χ2n) is 7.36. The van der Waals surface area contributed by atoms with Crippen molar-refractivity contribution in [2.24, 2.45) is 0 Å². The number of unbranched alkanes of at least 4 members (excludes halogenated alkanes) is 1. The molecule has 9 heteroatoms. The fourth-order valence-electron chi connectivity index (χ4n) is 3.52. The van der Waals surface area contributed by atoms with Crippen molar-refractivity contribution in [3.8, 4) is 17.2 Å². The van der Waals surface area contributed by atoms with E-state index in [4.69, 9.17) is 16.3 Å². The Morgan fingerprint density at radius 2 is 1.90 bits per heavy atom. The topological polar surface area (TPSA) is 99.3 Å². The van der Waals surface area contributed by atoms with Gasteiger partial charge in [-0.25, -0.2) is 0 Å². The Kier molecular flexibility index (Phi) is 7.23. The van der Waals surface area contributed by atoms with E-state index in [1.54, 1.807) is 0 Å². The summed E-state index contributed by atoms with van der Waals surface area (Å²) >= 11 is 6.44. The molecule has 0 radical (unpaired) electrons. The maximum absolute atomic E-state index is 10.9. The van der Waals surface area contributed by atoms with Gasteiger partial charge in [-0.2, -0.15) is 0 Å². The van der Waals surface area contributed by atoms with Crippen LogP contribution in [0.5, 0.6) is 17.2 Å². The summed E-state index contributed by atoms with van der Waals surface area (Å²) in [4.78, 5) is 14.8. The number of phenolic OH excluding ortho intramolecular Hbond substituents is 2. The van der Waals surface area contributed by atoms with Crippen LogP contribution in [0.1, 0.15) is 18.4 Å². The van der Waals surface area contributed by atoms with Crippen molar-refractivity contribution in [1.29, 1.82) is 0 Å². The van der Waals surface area contributed by atoms with Crippen LogP contribution in [0.4, 0.5) is 11.4 Å². The summed E-state index contributed by atoms with van der Waals surface area (Å²) in [6.07, 6.45) is 1.71. The first-order valence-corrected chi connectivity index (χ1v) is 10.3. The maximum atomic E-state index is 10.9. The number of ether oxygens (including phenoxy) is 1. The van der Waals surface area contributed by atoms with Crippen molar-refractivity contribution in [3.63, 3.8) is 0 Å². The van der Waals surface area contributed by atoms with Crippen LogP contribution >= 0.6 is 11.6 Å². The Balaban J connectivity index is 1.39. The number of aromatic hydroxyl groups is 2. The predicted molar refractivity (Wildman–Crippen MR) is 116 cm³/mol. The van der Waals surface area contributed by atoms with Gasteiger partial charge in [-0.15, -0.1) is 0 Å². The summed E-state index contributed by atoms with van der Waals surface area (Å²) in [5, 5.41) is 30.8. The number of phenols is 2. The number of nitro groups is 1. The Labute approximate surface area is 180 Å². The Bertz CT molecular complexity index is 900. The van der Waals surface area contributed by atoms with E-state index in [1.165, 1.54) is 6.07 Å². The number of rotatable bonds is 8. The number of anilines is 1. The van der Waals surface area contributed by atoms with Gasteiger partial charge in [0, 0.05) is 32.2 Å². The normalized spacial score (nSPS) is 14.7. The molecule has 162 valence electrons. The molecule has 0 atom stereocenters. The fraction of sp³-hybridized carbons (Fsp3) is 0.429. The Morgan fingerprint density at radius 3 is 2.60 bits per heavy atom. The lowest BCUT2D eigenvalue weighted by atomic mass is 10.2. The third-order valence-corrected chi connectivity index (χ3v) is 5.75. The van der Waals surface area contributed by atoms with Crippen LogP contribution in [0, 0.1) is 17.0 Å². The van der Waals surface area contributed by atoms with E-state index >= 15 is 0 Å². The van der Waals surface area contributed by atoms with Crippen LogP contribution in [0.3, 0.4) is 0 Å². The molecule has 8 nitrogen and oxygen atoms in total. The third-order valence-electron chi connectivity index (χ3n) is 5.26. The molecule has 1 aliphatic heterocycles. The Morgan fingerprint density at radius 1 is 1.17 bits per heavy atom. The third kappa shape index (κ3) is 5.25. The van der Waals surface area contributed by atoms with Gasteiger partial charge < -0.3 is 19.8 Å². The molecule has 1 saturated heterocycles. The highest BCUT2D eigenvalue weighted by Crippen LogP contribution is 2.38. The Hall–Kier alpha value is -2.71. The largest absolute Gasteiger partial charge is 0.504 e. The van der Waals surface area contributed by atoms with Crippen LogP contribution in [0.25, 0.3) is 0 Å². The summed E-state index contributed by atoms with van der Waals surface area (Å²) in [5.74, 6) is -1.15. The van der Waals surface area contributed by atoms with Gasteiger partial charge in [0.15, 0.2) is 5.75 Å². The number of piperazine rings is 1. The number of aryl methyl sites for hydroxylation is 1. The van der Waals surface area contributed by atoms with Gasteiger partial charge in [-0.05, 0) is 37.9 Å². The van der Waals surface area contributed by atoms with E-state index in [0.29, 0.717) is 6.61 Å². The van der Waals surface area contributed by atoms with Crippen molar-refractivity contribution < 1.29 is 19.9 Å². The van der Waals surface area contributed by atoms with Crippen molar-refractivity contribution in [2.45, 2.75) is 19.8 Å². The van der Waals surface area contributed by atoms with E-state index in [2.05, 4.69) is 15.9 Å². The van der Waals surface area contributed by atoms with Crippen LogP contribution in [0.2, 0.25) is 5.02 Å². The van der Waals surface area contributed by atoms with Crippen LogP contribution in [-0.4, -0.2) is 59.4 Å². The van der Waals surface area contributed by atoms with Gasteiger partial charge in [0.2, 0.25) is 5.75 Å². The van der Waals surface area contributed by atoms with Gasteiger partial charge in [-0.1, -0.05) is 23.7 Å². The number of hydrogen-bond acceptors (Lipinski definition) is 7. The zero-order valence-electron chi connectivity index (χ0n) is 16.9. The molecule has 0 spiro atoms. The average molecular weight is 436 g/mol. The molecule has 2 aromatic rings. The quantitative estimate of drug-likeness (QED) is 0.280. The highest BCUT2D eigenvalue weighted by molar-refractivity contribution is 6.34. The second-order valence-corrected chi connectivity index (χ2v) is 7.74. The molecule has 1 fully saturated rings. The van der Waals surface area contributed by atoms with E-state index in [-0.39, 0.29) is 5.75 Å². The highest BCUT2D eigenvalue weighted by Gasteiger charge is 2.20. The van der Waals surface area contributed by atoms with Gasteiger partial charge in [0.25, 0.3) is 0 Å². The van der Waals surface area contributed by atoms with Crippen molar-refractivity contribution in [1.82, 2.24) is 4.90 Å². The number of hydrogen-bond donors (Lipinski definition) is 2. The van der Waals surface area contributed by atoms with Crippen molar-refractivity contribution >= 4 is 23.0 Å². The minimum Gasteiger partial charge on any atom is -0.504 e. The first-order chi connectivity index (χ1) is 14.4. The molecule has 1 heterocycles. The smallest absolute Gasteiger partial charge is 0.318 e. The SMILES string of the molecule is Cc1cccc(N2CCN(CCCCOc3cc(O)c(O)c([N+](=O)[O-])c3)CC2)c1Cl. The molecule has 0 amide bonds. The van der Waals surface area contributed by atoms with Gasteiger partial charge in [0.05, 0.1) is 28.3 Å². The predicted octanol–water partition coefficient (Wildman–Crippen LogP) is 3.95. The molecule has 2 aromatic carbocycles. The van der Waals surface area contributed by atoms with Crippen LogP contribution in [-0.2, 0) is 0 Å². The first-order valence-electron chi connectivity index (χ1n) is 9.92. The summed E-state index contributed by atoms with van der Waals surface area (Å²) in [7, 11) is 0. The molecule has 0 bridgehead atoms. The molecule has 3 rings (SSSR count). The lowest BCUT2D eigenvalue weighted by Gasteiger charge is -2.36. The maximum Gasteiger partial charge on any atom is 0.318 e. The zero-order chi connectivity index (χ0) is 21.7. The molecular formula is C21H26ClN3O5. The van der Waals surface area contributed by atoms with E-state index in [0.717, 1.165) is 67.9 Å². The molecule has 2 N–H and O–H groups in total. The van der Waals surface area contributed by atoms with E-state index < -0.39 is 22.1 Å². The molecular weight excluding hydrogens is 410 g/mol. The van der Waals surface area contributed by atoms with Gasteiger partial charge in [0.1, 0.15) is 5.75 Å². The number of benzene rings is 2. The van der Waals surface area contributed by atoms with Gasteiger partial charge >= 0.3 is 5.69 Å². The second kappa shape index (κ2) is 9.86. The summed E-state index contributed by atoms with van der Waals surface area (Å²) < 4.78 is 5.50. The zero-order valence-corrected chi connectivity index (χ0v) is 17.6. The summed E-state index contributed by atoms with van der Waals surface area (Å²) in [5.41, 5.74) is 1.61. The molecule has 30 heavy (non-hydrogen) atoms. The van der Waals surface area contributed by atoms with Crippen LogP contribution < -0.4 is 9.64 Å². The molecule has 0 aliphatic carbocycles. The van der Waals surface area contributed by atoms with Crippen LogP contribution in [0.15, 0.2) is 30.3 Å². The molecule has 0 aromatic heterocycles. The standard InChI is InChI=1S/C21H26ClN3O5/c1-15-5-4-6-17(20(15)22)24-10-8-23(9-11-24)7-2-3-12-30-16-13-18(25(28)29)21(27)19(26)14-16/h4-6,13-14,26-27H,2-3,7-12H2,1H3. The minimum absolute atomic E-state index is 0.167. The minimum atomic E-state index is -0.758. The lowest BCUT2D eigenvalue weighted by molar-refractivity contribution is -0.386.